The van der Waals surface area contributed by atoms with Crippen molar-refractivity contribution in [3.63, 3.8) is 0 Å². The van der Waals surface area contributed by atoms with Gasteiger partial charge >= 0.3 is 17.8 Å². The Morgan fingerprint density at radius 1 is 1.11 bits per heavy atom. The Bertz CT molecular complexity index is 1770. The summed E-state index contributed by atoms with van der Waals surface area (Å²) in [4.78, 5) is 71.9. The molecule has 0 aliphatic carbocycles. The highest BCUT2D eigenvalue weighted by molar-refractivity contribution is 5.98. The third-order valence-corrected chi connectivity index (χ3v) is 7.38. The number of ketones is 1. The molecular formula is C32H42N6O8. The fourth-order valence-electron chi connectivity index (χ4n) is 5.19. The van der Waals surface area contributed by atoms with Crippen LogP contribution in [0.3, 0.4) is 0 Å². The smallest absolute Gasteiger partial charge is 0.407 e. The highest BCUT2D eigenvalue weighted by atomic mass is 16.6. The molecular weight excluding hydrogens is 596 g/mol. The number of imidazole rings is 1. The van der Waals surface area contributed by atoms with Crippen molar-refractivity contribution in [2.45, 2.75) is 72.2 Å². The van der Waals surface area contributed by atoms with Gasteiger partial charge in [-0.3, -0.25) is 18.7 Å². The molecule has 3 heterocycles. The number of anilines is 1. The van der Waals surface area contributed by atoms with Crippen LogP contribution in [0.4, 0.5) is 10.7 Å². The van der Waals surface area contributed by atoms with Gasteiger partial charge in [-0.05, 0) is 59.6 Å². The number of ether oxygens (including phenoxy) is 3. The minimum atomic E-state index is -0.708. The van der Waals surface area contributed by atoms with Crippen LogP contribution in [0.25, 0.3) is 11.2 Å². The van der Waals surface area contributed by atoms with Crippen LogP contribution in [0.5, 0.6) is 5.75 Å². The molecule has 248 valence electrons. The molecule has 1 aromatic carbocycles. The number of fused-ring (bicyclic) bond motifs is 1. The van der Waals surface area contributed by atoms with Crippen molar-refractivity contribution in [3.05, 3.63) is 62.3 Å². The zero-order chi connectivity index (χ0) is 33.8. The summed E-state index contributed by atoms with van der Waals surface area (Å²) >= 11 is 0. The Morgan fingerprint density at radius 2 is 1.83 bits per heavy atom. The number of aryl methyl sites for hydroxylation is 1. The van der Waals surface area contributed by atoms with Gasteiger partial charge in [0.15, 0.2) is 23.6 Å². The van der Waals surface area contributed by atoms with Gasteiger partial charge in [-0.25, -0.2) is 14.4 Å². The van der Waals surface area contributed by atoms with Crippen molar-refractivity contribution in [3.8, 4) is 5.75 Å². The molecule has 3 aromatic rings. The second-order valence-electron chi connectivity index (χ2n) is 12.4. The molecule has 2 aromatic heterocycles. The number of alkyl carbamates (subject to hydrolysis) is 1. The molecule has 1 atom stereocenters. The van der Waals surface area contributed by atoms with E-state index in [0.717, 1.165) is 23.0 Å². The standard InChI is InChI=1S/C32H42N6O8/c1-20(2)14-16-37-26-27(34-29(37)36-15-10-11-21(17-36)33-30(42)46-32(3,4)5)35(6)31(43)38(28(26)41)18-23(39)22-12-8-9-13-24(22)45-19-25(40)44-7/h8-9,12-14,21H,10-11,15-19H2,1-7H3,(H,33,42). The molecule has 0 saturated carbocycles. The molecule has 1 unspecified atom stereocenters. The van der Waals surface area contributed by atoms with E-state index >= 15 is 0 Å². The number of Topliss-reactive ketones (excluding diaryl/α,β-unsaturated/α-hetero) is 1. The van der Waals surface area contributed by atoms with E-state index in [1.807, 2.05) is 24.8 Å². The second kappa shape index (κ2) is 14.0. The maximum atomic E-state index is 14.0. The number of benzene rings is 1. The van der Waals surface area contributed by atoms with Gasteiger partial charge in [-0.2, -0.15) is 4.98 Å². The number of piperidine rings is 1. The fraction of sp³-hybridized carbons (Fsp3) is 0.500. The van der Waals surface area contributed by atoms with Crippen LogP contribution in [0.2, 0.25) is 0 Å². The molecule has 1 fully saturated rings. The van der Waals surface area contributed by atoms with Gasteiger partial charge in [-0.15, -0.1) is 0 Å². The van der Waals surface area contributed by atoms with Crippen LogP contribution in [0.15, 0.2) is 45.5 Å². The maximum absolute atomic E-state index is 14.0. The number of para-hydroxylation sites is 1. The number of rotatable bonds is 10. The van der Waals surface area contributed by atoms with E-state index in [-0.39, 0.29) is 28.5 Å². The molecule has 1 saturated heterocycles. The lowest BCUT2D eigenvalue weighted by molar-refractivity contribution is -0.142. The number of amides is 1. The van der Waals surface area contributed by atoms with Gasteiger partial charge < -0.3 is 29.0 Å². The minimum Gasteiger partial charge on any atom is -0.481 e. The van der Waals surface area contributed by atoms with Crippen molar-refractivity contribution >= 4 is 35.0 Å². The number of allylic oxidation sites excluding steroid dienone is 2. The van der Waals surface area contributed by atoms with E-state index in [1.54, 1.807) is 37.5 Å². The second-order valence-corrected chi connectivity index (χ2v) is 12.4. The number of methoxy groups -OCH3 is 1. The van der Waals surface area contributed by atoms with Crippen molar-refractivity contribution in [2.75, 3.05) is 31.7 Å². The first-order valence-corrected chi connectivity index (χ1v) is 15.1. The van der Waals surface area contributed by atoms with E-state index in [0.29, 0.717) is 25.6 Å². The Labute approximate surface area is 266 Å². The molecule has 1 N–H and O–H groups in total. The lowest BCUT2D eigenvalue weighted by Gasteiger charge is -2.34. The summed E-state index contributed by atoms with van der Waals surface area (Å²) in [6, 6.07) is 6.05. The number of aromatic nitrogens is 4. The summed E-state index contributed by atoms with van der Waals surface area (Å²) < 4.78 is 19.4. The van der Waals surface area contributed by atoms with E-state index in [4.69, 9.17) is 14.5 Å². The summed E-state index contributed by atoms with van der Waals surface area (Å²) in [6.45, 7) is 9.63. The normalized spacial score (nSPS) is 14.9. The summed E-state index contributed by atoms with van der Waals surface area (Å²) in [5.41, 5.74) is -0.544. The molecule has 46 heavy (non-hydrogen) atoms. The van der Waals surface area contributed by atoms with Crippen LogP contribution < -0.4 is 26.2 Å². The van der Waals surface area contributed by atoms with Crippen molar-refractivity contribution < 1.29 is 28.6 Å². The van der Waals surface area contributed by atoms with Crippen molar-refractivity contribution in [1.82, 2.24) is 24.0 Å². The number of hydrogen-bond acceptors (Lipinski definition) is 10. The number of esters is 1. The lowest BCUT2D eigenvalue weighted by atomic mass is 10.1. The number of carbonyl (C=O) groups is 3. The Balaban J connectivity index is 1.73. The van der Waals surface area contributed by atoms with Crippen LogP contribution in [0, 0.1) is 0 Å². The molecule has 14 heteroatoms. The first kappa shape index (κ1) is 34.0. The monoisotopic (exact) mass is 638 g/mol. The Hall–Kier alpha value is -4.88. The predicted molar refractivity (Wildman–Crippen MR) is 172 cm³/mol. The summed E-state index contributed by atoms with van der Waals surface area (Å²) in [7, 11) is 2.73. The summed E-state index contributed by atoms with van der Waals surface area (Å²) in [5.74, 6) is -0.583. The number of nitrogens with zero attached hydrogens (tertiary/aromatic N) is 5. The number of nitrogens with one attached hydrogen (secondary N) is 1. The van der Waals surface area contributed by atoms with Crippen LogP contribution in [-0.4, -0.2) is 75.0 Å². The average molecular weight is 639 g/mol. The van der Waals surface area contributed by atoms with Crippen LogP contribution in [0.1, 0.15) is 57.8 Å². The SMILES string of the molecule is COC(=O)COc1ccccc1C(=O)Cn1c(=O)c2c(nc(N3CCCC(NC(=O)OC(C)(C)C)C3)n2CC=C(C)C)n(C)c1=O. The topological polar surface area (TPSA) is 156 Å². The molecule has 1 aliphatic heterocycles. The lowest BCUT2D eigenvalue weighted by Crippen LogP contribution is -2.49. The van der Waals surface area contributed by atoms with E-state index in [2.05, 4.69) is 10.1 Å². The van der Waals surface area contributed by atoms with Gasteiger partial charge in [0, 0.05) is 32.7 Å². The van der Waals surface area contributed by atoms with Gasteiger partial charge in [0.2, 0.25) is 5.95 Å². The molecule has 1 amide bonds. The molecule has 4 rings (SSSR count). The molecule has 0 bridgehead atoms. The molecule has 1 aliphatic rings. The maximum Gasteiger partial charge on any atom is 0.407 e. The van der Waals surface area contributed by atoms with Gasteiger partial charge in [-0.1, -0.05) is 23.8 Å². The fourth-order valence-corrected chi connectivity index (χ4v) is 5.19. The zero-order valence-corrected chi connectivity index (χ0v) is 27.4. The van der Waals surface area contributed by atoms with Gasteiger partial charge in [0.05, 0.1) is 19.2 Å². The van der Waals surface area contributed by atoms with E-state index in [1.165, 1.54) is 30.9 Å². The quantitative estimate of drug-likeness (QED) is 0.199. The highest BCUT2D eigenvalue weighted by Gasteiger charge is 2.29. The van der Waals surface area contributed by atoms with E-state index in [9.17, 15) is 24.0 Å². The molecule has 14 nitrogen and oxygen atoms in total. The average Bonchev–Trinajstić information content (AvgIpc) is 3.39. The molecule has 0 radical (unpaired) electrons. The number of carbonyl (C=O) groups excluding carboxylic acids is 3. The molecule has 0 spiro atoms. The summed E-state index contributed by atoms with van der Waals surface area (Å²) in [5, 5.41) is 2.93. The first-order chi connectivity index (χ1) is 21.7. The number of hydrogen-bond donors (Lipinski definition) is 1. The third kappa shape index (κ3) is 7.85. The zero-order valence-electron chi connectivity index (χ0n) is 27.4. The van der Waals surface area contributed by atoms with Crippen molar-refractivity contribution in [1.29, 1.82) is 0 Å². The van der Waals surface area contributed by atoms with E-state index < -0.39 is 47.8 Å². The Kier molecular flexibility index (Phi) is 10.4. The third-order valence-electron chi connectivity index (χ3n) is 7.38. The Morgan fingerprint density at radius 3 is 2.50 bits per heavy atom. The summed E-state index contributed by atoms with van der Waals surface area (Å²) in [6.07, 6.45) is 2.92. The first-order valence-electron chi connectivity index (χ1n) is 15.1. The van der Waals surface area contributed by atoms with Crippen LogP contribution in [-0.2, 0) is 34.4 Å². The van der Waals surface area contributed by atoms with Gasteiger partial charge in [0.1, 0.15) is 11.4 Å². The van der Waals surface area contributed by atoms with Gasteiger partial charge in [0.25, 0.3) is 5.56 Å². The van der Waals surface area contributed by atoms with Crippen molar-refractivity contribution in [2.24, 2.45) is 7.05 Å². The van der Waals surface area contributed by atoms with Crippen LogP contribution >= 0.6 is 0 Å². The highest BCUT2D eigenvalue weighted by Crippen LogP contribution is 2.24. The largest absolute Gasteiger partial charge is 0.481 e. The minimum absolute atomic E-state index is 0.107. The predicted octanol–water partition coefficient (Wildman–Crippen LogP) is 2.79.